The van der Waals surface area contributed by atoms with E-state index in [2.05, 4.69) is 31.9 Å². The minimum Gasteiger partial charge on any atom is -0.392 e. The Hall–Kier alpha value is 0.510. The van der Waals surface area contributed by atoms with Crippen LogP contribution in [0.25, 0.3) is 0 Å². The van der Waals surface area contributed by atoms with Gasteiger partial charge in [-0.25, -0.2) is 0 Å². The fourth-order valence-electron chi connectivity index (χ4n) is 2.09. The monoisotopic (exact) mass is 386 g/mol. The molecule has 1 N–H and O–H groups in total. The number of Topliss-reactive ketones (excluding diaryl/α,β-unsaturated/α-hetero) is 1. The van der Waals surface area contributed by atoms with Crippen LogP contribution in [0.2, 0.25) is 0 Å². The van der Waals surface area contributed by atoms with E-state index in [0.717, 1.165) is 19.3 Å². The molecule has 6 heteroatoms. The van der Waals surface area contributed by atoms with Crippen LogP contribution in [0.15, 0.2) is 0 Å². The van der Waals surface area contributed by atoms with Gasteiger partial charge in [0.25, 0.3) is 0 Å². The number of rotatable bonds is 2. The number of hydrogen-bond donors (Lipinski definition) is 1. The molecule has 2 aliphatic carbocycles. The number of ketones is 1. The molecule has 0 aliphatic heterocycles. The van der Waals surface area contributed by atoms with Gasteiger partial charge in [-0.15, -0.1) is 0 Å². The van der Waals surface area contributed by atoms with Crippen LogP contribution in [0.5, 0.6) is 0 Å². The highest BCUT2D eigenvalue weighted by Gasteiger charge is 2.31. The first-order chi connectivity index (χ1) is 8.47. The average Bonchev–Trinajstić information content (AvgIpc) is 2.84. The molecule has 0 radical (unpaired) electrons. The van der Waals surface area contributed by atoms with Crippen LogP contribution in [0.3, 0.4) is 0 Å². The van der Waals surface area contributed by atoms with E-state index >= 15 is 0 Å². The standard InChI is InChI=1S/C6H11BrO2.C6H9BrO2/c2*1-9-4-2-5(7)6(8)3-4/h4-6,8H,2-3H2,1H3;4-5H,2-3H2,1H3. The zero-order valence-electron chi connectivity index (χ0n) is 10.6. The number of halogens is 2. The predicted molar refractivity (Wildman–Crippen MR) is 76.5 cm³/mol. The van der Waals surface area contributed by atoms with Crippen molar-refractivity contribution in [2.45, 2.75) is 53.6 Å². The van der Waals surface area contributed by atoms with Crippen LogP contribution >= 0.6 is 31.9 Å². The van der Waals surface area contributed by atoms with E-state index < -0.39 is 0 Å². The van der Waals surface area contributed by atoms with Crippen LogP contribution in [0.4, 0.5) is 0 Å². The number of hydrogen-bond acceptors (Lipinski definition) is 4. The van der Waals surface area contributed by atoms with Crippen LogP contribution in [-0.4, -0.2) is 53.1 Å². The van der Waals surface area contributed by atoms with Crippen molar-refractivity contribution >= 4 is 37.6 Å². The van der Waals surface area contributed by atoms with Crippen LogP contribution < -0.4 is 0 Å². The molecule has 0 heterocycles. The van der Waals surface area contributed by atoms with Crippen molar-refractivity contribution in [2.24, 2.45) is 0 Å². The lowest BCUT2D eigenvalue weighted by Gasteiger charge is -2.03. The molecule has 0 bridgehead atoms. The molecule has 106 valence electrons. The zero-order chi connectivity index (χ0) is 13.7. The quantitative estimate of drug-likeness (QED) is 0.736. The van der Waals surface area contributed by atoms with E-state index in [1.165, 1.54) is 0 Å². The molecule has 5 atom stereocenters. The summed E-state index contributed by atoms with van der Waals surface area (Å²) in [7, 11) is 3.32. The van der Waals surface area contributed by atoms with Crippen LogP contribution in [0.1, 0.15) is 25.7 Å². The Morgan fingerprint density at radius 1 is 1.11 bits per heavy atom. The van der Waals surface area contributed by atoms with Gasteiger partial charge in [0.05, 0.1) is 23.1 Å². The molecule has 0 spiro atoms. The smallest absolute Gasteiger partial charge is 0.149 e. The van der Waals surface area contributed by atoms with Gasteiger partial charge in [-0.3, -0.25) is 4.79 Å². The maximum Gasteiger partial charge on any atom is 0.149 e. The molecule has 2 fully saturated rings. The minimum absolute atomic E-state index is 0.0439. The van der Waals surface area contributed by atoms with Gasteiger partial charge in [0.2, 0.25) is 0 Å². The van der Waals surface area contributed by atoms with Crippen molar-refractivity contribution in [2.75, 3.05) is 14.2 Å². The minimum atomic E-state index is -0.213. The van der Waals surface area contributed by atoms with E-state index in [1.807, 2.05) is 0 Å². The van der Waals surface area contributed by atoms with E-state index in [4.69, 9.17) is 9.47 Å². The molecule has 2 aliphatic rings. The summed E-state index contributed by atoms with van der Waals surface area (Å²) in [5.41, 5.74) is 0. The highest BCUT2D eigenvalue weighted by Crippen LogP contribution is 2.27. The lowest BCUT2D eigenvalue weighted by Crippen LogP contribution is -2.11. The highest BCUT2D eigenvalue weighted by molar-refractivity contribution is 9.10. The van der Waals surface area contributed by atoms with Crippen molar-refractivity contribution in [3.05, 3.63) is 0 Å². The lowest BCUT2D eigenvalue weighted by molar-refractivity contribution is -0.117. The summed E-state index contributed by atoms with van der Waals surface area (Å²) < 4.78 is 10.1. The molecule has 0 aromatic carbocycles. The number of alkyl halides is 2. The molecule has 4 nitrogen and oxygen atoms in total. The summed E-state index contributed by atoms with van der Waals surface area (Å²) in [6.45, 7) is 0. The third-order valence-electron chi connectivity index (χ3n) is 3.32. The molecule has 5 unspecified atom stereocenters. The predicted octanol–water partition coefficient (Wildman–Crippen LogP) is 2.05. The summed E-state index contributed by atoms with van der Waals surface area (Å²) in [6, 6.07) is 0. The zero-order valence-corrected chi connectivity index (χ0v) is 13.8. The average molecular weight is 388 g/mol. The molecule has 2 saturated carbocycles. The summed E-state index contributed by atoms with van der Waals surface area (Å²) in [4.78, 5) is 11.1. The Balaban J connectivity index is 0.000000180. The molecule has 0 saturated heterocycles. The maximum absolute atomic E-state index is 10.8. The molecular formula is C12H20Br2O4. The Kier molecular flexibility index (Phi) is 7.31. The number of aliphatic hydroxyl groups excluding tert-OH is 1. The highest BCUT2D eigenvalue weighted by atomic mass is 79.9. The normalized spacial score (nSPS) is 39.6. The Morgan fingerprint density at radius 2 is 1.72 bits per heavy atom. The van der Waals surface area contributed by atoms with Crippen molar-refractivity contribution < 1.29 is 19.4 Å². The van der Waals surface area contributed by atoms with Crippen molar-refractivity contribution in [1.82, 2.24) is 0 Å². The third-order valence-corrected chi connectivity index (χ3v) is 5.19. The molecular weight excluding hydrogens is 368 g/mol. The number of methoxy groups -OCH3 is 2. The number of aliphatic hydroxyl groups is 1. The topological polar surface area (TPSA) is 55.8 Å². The van der Waals surface area contributed by atoms with E-state index in [1.54, 1.807) is 14.2 Å². The Labute approximate surface area is 125 Å². The first-order valence-corrected chi connectivity index (χ1v) is 7.85. The van der Waals surface area contributed by atoms with Crippen molar-refractivity contribution in [1.29, 1.82) is 0 Å². The summed E-state index contributed by atoms with van der Waals surface area (Å²) >= 11 is 6.61. The first-order valence-electron chi connectivity index (χ1n) is 6.02. The second-order valence-corrected chi connectivity index (χ2v) is 6.93. The van der Waals surface area contributed by atoms with Gasteiger partial charge >= 0.3 is 0 Å². The first kappa shape index (κ1) is 16.6. The Bertz CT molecular complexity index is 265. The molecule has 2 rings (SSSR count). The van der Waals surface area contributed by atoms with Crippen molar-refractivity contribution in [3.63, 3.8) is 0 Å². The van der Waals surface area contributed by atoms with Crippen LogP contribution in [0, 0.1) is 0 Å². The van der Waals surface area contributed by atoms with E-state index in [9.17, 15) is 9.90 Å². The maximum atomic E-state index is 10.8. The number of ether oxygens (including phenoxy) is 2. The number of carbonyl (C=O) groups excluding carboxylic acids is 1. The molecule has 18 heavy (non-hydrogen) atoms. The Morgan fingerprint density at radius 3 is 1.94 bits per heavy atom. The third kappa shape index (κ3) is 4.89. The molecule has 0 aromatic heterocycles. The second kappa shape index (κ2) is 7.94. The largest absolute Gasteiger partial charge is 0.392 e. The van der Waals surface area contributed by atoms with E-state index in [0.29, 0.717) is 6.42 Å². The van der Waals surface area contributed by atoms with Gasteiger partial charge in [-0.1, -0.05) is 31.9 Å². The fourth-order valence-corrected chi connectivity index (χ4v) is 3.33. The van der Waals surface area contributed by atoms with Gasteiger partial charge in [-0.2, -0.15) is 0 Å². The summed E-state index contributed by atoms with van der Waals surface area (Å²) in [5.74, 6) is 0.266. The van der Waals surface area contributed by atoms with Gasteiger partial charge < -0.3 is 14.6 Å². The van der Waals surface area contributed by atoms with Gasteiger partial charge in [0, 0.05) is 31.9 Å². The van der Waals surface area contributed by atoms with Gasteiger partial charge in [-0.05, 0) is 12.8 Å². The van der Waals surface area contributed by atoms with Gasteiger partial charge in [0.15, 0.2) is 0 Å². The SMILES string of the molecule is COC1CC(=O)C(Br)C1.COC1CC(O)C(Br)C1. The summed E-state index contributed by atoms with van der Waals surface area (Å²) in [6.07, 6.45) is 3.30. The lowest BCUT2D eigenvalue weighted by atomic mass is 10.3. The van der Waals surface area contributed by atoms with Crippen LogP contribution in [-0.2, 0) is 14.3 Å². The second-order valence-electron chi connectivity index (χ2n) is 4.64. The summed E-state index contributed by atoms with van der Waals surface area (Å²) in [5, 5.41) is 9.17. The van der Waals surface area contributed by atoms with E-state index in [-0.39, 0.29) is 33.7 Å². The number of carbonyl (C=O) groups is 1. The fraction of sp³-hybridized carbons (Fsp3) is 0.917. The van der Waals surface area contributed by atoms with Crippen molar-refractivity contribution in [3.8, 4) is 0 Å². The molecule has 0 aromatic rings. The van der Waals surface area contributed by atoms with Gasteiger partial charge in [0.1, 0.15) is 5.78 Å². The molecule has 0 amide bonds.